The van der Waals surface area contributed by atoms with Gasteiger partial charge in [0, 0.05) is 41.6 Å². The van der Waals surface area contributed by atoms with Crippen LogP contribution in [0.5, 0.6) is 0 Å². The lowest BCUT2D eigenvalue weighted by molar-refractivity contribution is 0.101. The van der Waals surface area contributed by atoms with Gasteiger partial charge in [-0.3, -0.25) is 14.4 Å². The van der Waals surface area contributed by atoms with Crippen molar-refractivity contribution in [2.24, 2.45) is 0 Å². The lowest BCUT2D eigenvalue weighted by Crippen LogP contribution is -2.22. The van der Waals surface area contributed by atoms with Crippen LogP contribution in [0.3, 0.4) is 0 Å². The van der Waals surface area contributed by atoms with Gasteiger partial charge in [0.25, 0.3) is 0 Å². The van der Waals surface area contributed by atoms with Crippen molar-refractivity contribution >= 4 is 23.5 Å². The van der Waals surface area contributed by atoms with Crippen LogP contribution < -0.4 is 0 Å². The minimum atomic E-state index is -0.124. The topological polar surface area (TPSA) is 54.5 Å². The number of carbonyl (C=O) groups is 3. The summed E-state index contributed by atoms with van der Waals surface area (Å²) in [5.41, 5.74) is 3.41. The first-order valence-electron chi connectivity index (χ1n) is 8.67. The van der Waals surface area contributed by atoms with Gasteiger partial charge in [-0.1, -0.05) is 48.5 Å². The van der Waals surface area contributed by atoms with Crippen molar-refractivity contribution in [3.05, 3.63) is 76.9 Å². The van der Waals surface area contributed by atoms with Gasteiger partial charge in [-0.2, -0.15) is 0 Å². The van der Waals surface area contributed by atoms with Gasteiger partial charge in [-0.25, -0.2) is 0 Å². The molecule has 2 aromatic carbocycles. The molecule has 0 atom stereocenters. The van der Waals surface area contributed by atoms with Gasteiger partial charge in [0.15, 0.2) is 11.6 Å². The average molecular weight is 349 g/mol. The maximum Gasteiger partial charge on any atom is 0.187 e. The van der Waals surface area contributed by atoms with Crippen LogP contribution in [0.25, 0.3) is 5.70 Å². The second kappa shape index (κ2) is 8.90. The van der Waals surface area contributed by atoms with Crippen LogP contribution in [0.4, 0.5) is 0 Å². The molecule has 0 saturated carbocycles. The highest BCUT2D eigenvalue weighted by Gasteiger charge is 2.13. The van der Waals surface area contributed by atoms with Gasteiger partial charge in [0.2, 0.25) is 0 Å². The Morgan fingerprint density at radius 3 is 1.81 bits per heavy atom. The van der Waals surface area contributed by atoms with Crippen LogP contribution in [-0.4, -0.2) is 35.8 Å². The van der Waals surface area contributed by atoms with Gasteiger partial charge in [-0.15, -0.1) is 0 Å². The molecule has 0 aliphatic rings. The Kier molecular flexibility index (Phi) is 6.61. The molecule has 0 unspecified atom stereocenters. The summed E-state index contributed by atoms with van der Waals surface area (Å²) in [6.45, 7) is 7.08. The molecule has 0 aliphatic heterocycles. The number of rotatable bonds is 8. The first-order chi connectivity index (χ1) is 12.5. The Morgan fingerprint density at radius 1 is 0.846 bits per heavy atom. The molecule has 0 bridgehead atoms. The fourth-order valence-electron chi connectivity index (χ4n) is 2.73. The van der Waals surface area contributed by atoms with Crippen molar-refractivity contribution in [1.82, 2.24) is 4.90 Å². The molecule has 0 amide bonds. The fourth-order valence-corrected chi connectivity index (χ4v) is 2.73. The monoisotopic (exact) mass is 349 g/mol. The van der Waals surface area contributed by atoms with Gasteiger partial charge < -0.3 is 4.90 Å². The van der Waals surface area contributed by atoms with Crippen molar-refractivity contribution < 1.29 is 14.4 Å². The number of Topliss-reactive ketones (excluding diaryl/α,β-unsaturated/α-hetero) is 1. The minimum Gasteiger partial charge on any atom is -0.371 e. The Bertz CT molecular complexity index is 813. The summed E-state index contributed by atoms with van der Waals surface area (Å²) in [4.78, 5) is 37.1. The molecule has 26 heavy (non-hydrogen) atoms. The van der Waals surface area contributed by atoms with Crippen LogP contribution in [-0.2, 0) is 0 Å². The number of hydrogen-bond donors (Lipinski definition) is 0. The summed E-state index contributed by atoms with van der Waals surface area (Å²) >= 11 is 0. The summed E-state index contributed by atoms with van der Waals surface area (Å²) in [7, 11) is 0. The van der Waals surface area contributed by atoms with E-state index in [1.807, 2.05) is 26.0 Å². The lowest BCUT2D eigenvalue weighted by Gasteiger charge is -2.25. The van der Waals surface area contributed by atoms with Gasteiger partial charge in [-0.05, 0) is 26.3 Å². The van der Waals surface area contributed by atoms with E-state index < -0.39 is 0 Å². The molecule has 2 rings (SSSR count). The molecule has 0 aromatic heterocycles. The zero-order chi connectivity index (χ0) is 19.1. The number of aldehydes is 1. The highest BCUT2D eigenvalue weighted by atomic mass is 16.1. The highest BCUT2D eigenvalue weighted by Crippen LogP contribution is 2.21. The van der Waals surface area contributed by atoms with E-state index in [4.69, 9.17) is 0 Å². The molecule has 0 heterocycles. The molecule has 4 heteroatoms. The van der Waals surface area contributed by atoms with E-state index in [2.05, 4.69) is 4.90 Å². The van der Waals surface area contributed by atoms with E-state index in [1.54, 1.807) is 42.5 Å². The summed E-state index contributed by atoms with van der Waals surface area (Å²) in [6, 6.07) is 13.9. The Morgan fingerprint density at radius 2 is 1.35 bits per heavy atom. The van der Waals surface area contributed by atoms with Crippen LogP contribution in [0, 0.1) is 0 Å². The molecular formula is C22H23NO3. The standard InChI is InChI=1S/C22H23NO3/c1-4-23(5-2)21(19-8-6-17(15-24)7-9-19)14-22(26)20-12-10-18(11-13-20)16(3)25/h6-15H,4-5H2,1-3H3/b21-14-. The molecular weight excluding hydrogens is 326 g/mol. The van der Waals surface area contributed by atoms with Crippen LogP contribution in [0.15, 0.2) is 54.6 Å². The first kappa shape index (κ1) is 19.3. The summed E-state index contributed by atoms with van der Waals surface area (Å²) < 4.78 is 0. The van der Waals surface area contributed by atoms with Crippen LogP contribution in [0.1, 0.15) is 57.4 Å². The van der Waals surface area contributed by atoms with E-state index in [0.717, 1.165) is 30.6 Å². The number of hydrogen-bond acceptors (Lipinski definition) is 4. The largest absolute Gasteiger partial charge is 0.371 e. The number of allylic oxidation sites excluding steroid dienone is 1. The number of ketones is 2. The van der Waals surface area contributed by atoms with Crippen molar-refractivity contribution in [2.75, 3.05) is 13.1 Å². The predicted molar refractivity (Wildman–Crippen MR) is 104 cm³/mol. The zero-order valence-corrected chi connectivity index (χ0v) is 15.4. The Balaban J connectivity index is 2.40. The van der Waals surface area contributed by atoms with E-state index in [9.17, 15) is 14.4 Å². The normalized spacial score (nSPS) is 11.1. The van der Waals surface area contributed by atoms with Crippen molar-refractivity contribution in [3.8, 4) is 0 Å². The molecule has 0 aliphatic carbocycles. The Hall–Kier alpha value is -3.01. The Labute approximate surface area is 154 Å². The zero-order valence-electron chi connectivity index (χ0n) is 15.4. The van der Waals surface area contributed by atoms with Gasteiger partial charge in [0.05, 0.1) is 0 Å². The first-order valence-corrected chi connectivity index (χ1v) is 8.67. The van der Waals surface area contributed by atoms with E-state index in [-0.39, 0.29) is 11.6 Å². The highest BCUT2D eigenvalue weighted by molar-refractivity contribution is 6.08. The molecule has 0 saturated heterocycles. The molecule has 0 spiro atoms. The molecule has 2 aromatic rings. The smallest absolute Gasteiger partial charge is 0.187 e. The van der Waals surface area contributed by atoms with Crippen molar-refractivity contribution in [3.63, 3.8) is 0 Å². The van der Waals surface area contributed by atoms with Crippen LogP contribution in [0.2, 0.25) is 0 Å². The minimum absolute atomic E-state index is 0.0290. The maximum atomic E-state index is 12.7. The second-order valence-electron chi connectivity index (χ2n) is 5.94. The van der Waals surface area contributed by atoms with E-state index in [1.165, 1.54) is 6.92 Å². The molecule has 0 N–H and O–H groups in total. The number of carbonyl (C=O) groups excluding carboxylic acids is 3. The third kappa shape index (κ3) is 4.54. The molecule has 134 valence electrons. The second-order valence-corrected chi connectivity index (χ2v) is 5.94. The van der Waals surface area contributed by atoms with Crippen molar-refractivity contribution in [1.29, 1.82) is 0 Å². The average Bonchev–Trinajstić information content (AvgIpc) is 2.68. The third-order valence-electron chi connectivity index (χ3n) is 4.29. The lowest BCUT2D eigenvalue weighted by atomic mass is 10.0. The summed E-state index contributed by atoms with van der Waals surface area (Å²) in [5.74, 6) is -0.153. The summed E-state index contributed by atoms with van der Waals surface area (Å²) in [6.07, 6.45) is 2.41. The van der Waals surface area contributed by atoms with Gasteiger partial charge >= 0.3 is 0 Å². The van der Waals surface area contributed by atoms with Gasteiger partial charge in [0.1, 0.15) is 6.29 Å². The SMILES string of the molecule is CCN(CC)/C(=C\C(=O)c1ccc(C(C)=O)cc1)c1ccc(C=O)cc1. The third-order valence-corrected chi connectivity index (χ3v) is 4.29. The number of nitrogens with zero attached hydrogens (tertiary/aromatic N) is 1. The summed E-state index contributed by atoms with van der Waals surface area (Å²) in [5, 5.41) is 0. The van der Waals surface area contributed by atoms with E-state index in [0.29, 0.717) is 16.7 Å². The van der Waals surface area contributed by atoms with E-state index >= 15 is 0 Å². The number of benzene rings is 2. The van der Waals surface area contributed by atoms with Crippen molar-refractivity contribution in [2.45, 2.75) is 20.8 Å². The molecule has 4 nitrogen and oxygen atoms in total. The maximum absolute atomic E-state index is 12.7. The predicted octanol–water partition coefficient (Wildman–Crippen LogP) is 4.27. The fraction of sp³-hybridized carbons (Fsp3) is 0.227. The quantitative estimate of drug-likeness (QED) is 0.406. The molecule has 0 radical (unpaired) electrons. The van der Waals surface area contributed by atoms with Crippen LogP contribution >= 0.6 is 0 Å². The molecule has 0 fully saturated rings.